The average Bonchev–Trinajstić information content (AvgIpc) is 2.95. The second-order valence-corrected chi connectivity index (χ2v) is 6.03. The van der Waals surface area contributed by atoms with Crippen LogP contribution in [-0.4, -0.2) is 39.3 Å². The van der Waals surface area contributed by atoms with E-state index in [0.29, 0.717) is 12.1 Å². The number of aromatic amines is 1. The largest absolute Gasteiger partial charge is 0.350 e. The molecule has 1 fully saturated rings. The summed E-state index contributed by atoms with van der Waals surface area (Å²) in [5.41, 5.74) is 1.63. The molecule has 0 atom stereocenters. The lowest BCUT2D eigenvalue weighted by atomic mass is 10.1. The summed E-state index contributed by atoms with van der Waals surface area (Å²) in [6.07, 6.45) is 5.67. The number of H-pyrrole nitrogens is 1. The molecule has 114 valence electrons. The summed E-state index contributed by atoms with van der Waals surface area (Å²) < 4.78 is 1.59. The summed E-state index contributed by atoms with van der Waals surface area (Å²) >= 11 is 0. The summed E-state index contributed by atoms with van der Waals surface area (Å²) in [7, 11) is 0. The Morgan fingerprint density at radius 3 is 2.73 bits per heavy atom. The minimum Gasteiger partial charge on any atom is -0.350 e. The monoisotopic (exact) mass is 296 g/mol. The summed E-state index contributed by atoms with van der Waals surface area (Å²) in [6, 6.07) is 7.97. The maximum Gasteiger partial charge on any atom is 0.291 e. The molecule has 5 nitrogen and oxygen atoms in total. The highest BCUT2D eigenvalue weighted by atomic mass is 16.1. The van der Waals surface area contributed by atoms with Crippen molar-refractivity contribution < 1.29 is 0 Å². The van der Waals surface area contributed by atoms with Crippen molar-refractivity contribution in [2.24, 2.45) is 0 Å². The molecule has 3 heterocycles. The second-order valence-electron chi connectivity index (χ2n) is 6.03. The zero-order valence-corrected chi connectivity index (χ0v) is 12.6. The Morgan fingerprint density at radius 2 is 1.86 bits per heavy atom. The smallest absolute Gasteiger partial charge is 0.291 e. The van der Waals surface area contributed by atoms with Crippen molar-refractivity contribution in [2.75, 3.05) is 19.6 Å². The quantitative estimate of drug-likeness (QED) is 0.807. The third-order valence-corrected chi connectivity index (χ3v) is 4.60. The summed E-state index contributed by atoms with van der Waals surface area (Å²) in [5, 5.41) is 6.34. The van der Waals surface area contributed by atoms with E-state index < -0.39 is 0 Å². The van der Waals surface area contributed by atoms with Crippen LogP contribution in [0.3, 0.4) is 0 Å². The number of nitrogens with one attached hydrogen (secondary N) is 1. The van der Waals surface area contributed by atoms with Crippen molar-refractivity contribution in [1.29, 1.82) is 0 Å². The van der Waals surface area contributed by atoms with Crippen LogP contribution in [0.1, 0.15) is 19.3 Å². The summed E-state index contributed by atoms with van der Waals surface area (Å²) in [5.74, 6) is 0. The SMILES string of the molecule is O=c1c2[nH]c3ccccc3c2cnn1CCN1CCCCC1. The molecule has 22 heavy (non-hydrogen) atoms. The molecule has 0 bridgehead atoms. The molecule has 3 aromatic rings. The van der Waals surface area contributed by atoms with Gasteiger partial charge < -0.3 is 9.88 Å². The lowest BCUT2D eigenvalue weighted by molar-refractivity contribution is 0.216. The minimum absolute atomic E-state index is 0.0225. The van der Waals surface area contributed by atoms with Crippen LogP contribution in [0.4, 0.5) is 0 Å². The molecule has 4 rings (SSSR count). The van der Waals surface area contributed by atoms with Gasteiger partial charge in [-0.3, -0.25) is 4.79 Å². The van der Waals surface area contributed by atoms with Gasteiger partial charge in [0.2, 0.25) is 0 Å². The molecule has 1 aromatic carbocycles. The molecule has 5 heteroatoms. The van der Waals surface area contributed by atoms with Crippen molar-refractivity contribution >= 4 is 21.8 Å². The zero-order chi connectivity index (χ0) is 14.9. The van der Waals surface area contributed by atoms with Gasteiger partial charge in [0, 0.05) is 22.8 Å². The number of likely N-dealkylation sites (tertiary alicyclic amines) is 1. The summed E-state index contributed by atoms with van der Waals surface area (Å²) in [4.78, 5) is 18.3. The Morgan fingerprint density at radius 1 is 1.05 bits per heavy atom. The van der Waals surface area contributed by atoms with E-state index >= 15 is 0 Å². The Hall–Kier alpha value is -2.14. The van der Waals surface area contributed by atoms with Crippen molar-refractivity contribution in [3.63, 3.8) is 0 Å². The predicted molar refractivity (Wildman–Crippen MR) is 88.2 cm³/mol. The van der Waals surface area contributed by atoms with Crippen LogP contribution >= 0.6 is 0 Å². The number of benzene rings is 1. The first kappa shape index (κ1) is 13.5. The van der Waals surface area contributed by atoms with Gasteiger partial charge in [-0.15, -0.1) is 0 Å². The Kier molecular flexibility index (Phi) is 3.42. The number of nitrogens with zero attached hydrogens (tertiary/aromatic N) is 3. The Bertz CT molecular complexity index is 858. The van der Waals surface area contributed by atoms with Crippen molar-refractivity contribution in [2.45, 2.75) is 25.8 Å². The molecule has 2 aromatic heterocycles. The lowest BCUT2D eigenvalue weighted by Crippen LogP contribution is -2.35. The molecule has 1 aliphatic rings. The van der Waals surface area contributed by atoms with E-state index in [1.165, 1.54) is 19.3 Å². The Balaban J connectivity index is 1.65. The molecule has 0 unspecified atom stereocenters. The van der Waals surface area contributed by atoms with E-state index in [-0.39, 0.29) is 5.56 Å². The van der Waals surface area contributed by atoms with Gasteiger partial charge in [-0.05, 0) is 32.0 Å². The number of hydrogen-bond donors (Lipinski definition) is 1. The van der Waals surface area contributed by atoms with Gasteiger partial charge in [0.15, 0.2) is 0 Å². The van der Waals surface area contributed by atoms with Gasteiger partial charge in [0.25, 0.3) is 5.56 Å². The molecular weight excluding hydrogens is 276 g/mol. The van der Waals surface area contributed by atoms with E-state index in [4.69, 9.17) is 0 Å². The van der Waals surface area contributed by atoms with Crippen LogP contribution in [0.25, 0.3) is 21.8 Å². The molecule has 1 N–H and O–H groups in total. The van der Waals surface area contributed by atoms with Gasteiger partial charge in [-0.1, -0.05) is 24.6 Å². The minimum atomic E-state index is -0.0225. The van der Waals surface area contributed by atoms with Crippen molar-refractivity contribution in [3.8, 4) is 0 Å². The normalized spacial score (nSPS) is 16.5. The number of para-hydroxylation sites is 1. The van der Waals surface area contributed by atoms with Crippen LogP contribution in [-0.2, 0) is 6.54 Å². The third kappa shape index (κ3) is 2.31. The average molecular weight is 296 g/mol. The molecule has 0 spiro atoms. The molecule has 1 saturated heterocycles. The highest BCUT2D eigenvalue weighted by Gasteiger charge is 2.13. The summed E-state index contributed by atoms with van der Waals surface area (Å²) in [6.45, 7) is 3.84. The van der Waals surface area contributed by atoms with Crippen molar-refractivity contribution in [3.05, 3.63) is 40.8 Å². The van der Waals surface area contributed by atoms with Gasteiger partial charge in [0.05, 0.1) is 12.7 Å². The maximum absolute atomic E-state index is 12.6. The number of aromatic nitrogens is 3. The molecule has 0 radical (unpaired) electrons. The number of rotatable bonds is 3. The van der Waals surface area contributed by atoms with Crippen LogP contribution in [0.15, 0.2) is 35.3 Å². The Labute approximate surface area is 128 Å². The first-order chi connectivity index (χ1) is 10.8. The van der Waals surface area contributed by atoms with E-state index in [9.17, 15) is 4.79 Å². The molecule has 0 saturated carbocycles. The lowest BCUT2D eigenvalue weighted by Gasteiger charge is -2.26. The molecule has 0 aliphatic carbocycles. The van der Waals surface area contributed by atoms with E-state index in [1.54, 1.807) is 4.68 Å². The number of piperidine rings is 1. The first-order valence-electron chi connectivity index (χ1n) is 8.02. The molecular formula is C17H20N4O. The highest BCUT2D eigenvalue weighted by Crippen LogP contribution is 2.21. The van der Waals surface area contributed by atoms with Crippen LogP contribution in [0, 0.1) is 0 Å². The predicted octanol–water partition coefficient (Wildman–Crippen LogP) is 2.36. The van der Waals surface area contributed by atoms with E-state index in [0.717, 1.165) is 35.9 Å². The molecule has 1 aliphatic heterocycles. The fraction of sp³-hybridized carbons (Fsp3) is 0.412. The number of fused-ring (bicyclic) bond motifs is 3. The highest BCUT2D eigenvalue weighted by molar-refractivity contribution is 6.06. The van der Waals surface area contributed by atoms with E-state index in [2.05, 4.69) is 15.0 Å². The maximum atomic E-state index is 12.6. The topological polar surface area (TPSA) is 53.9 Å². The fourth-order valence-electron chi connectivity index (χ4n) is 3.35. The number of hydrogen-bond acceptors (Lipinski definition) is 3. The van der Waals surface area contributed by atoms with Gasteiger partial charge in [-0.2, -0.15) is 5.10 Å². The standard InChI is InChI=1S/C17H20N4O/c22-17-16-14(13-6-2-3-7-15(13)19-16)12-18-21(17)11-10-20-8-4-1-5-9-20/h2-3,6-7,12,19H,1,4-5,8-11H2. The van der Waals surface area contributed by atoms with E-state index in [1.807, 2.05) is 30.5 Å². The zero-order valence-electron chi connectivity index (χ0n) is 12.6. The van der Waals surface area contributed by atoms with Crippen LogP contribution in [0.5, 0.6) is 0 Å². The fourth-order valence-corrected chi connectivity index (χ4v) is 3.35. The third-order valence-electron chi connectivity index (χ3n) is 4.60. The van der Waals surface area contributed by atoms with Gasteiger partial charge >= 0.3 is 0 Å². The molecule has 0 amide bonds. The van der Waals surface area contributed by atoms with Gasteiger partial charge in [0.1, 0.15) is 5.52 Å². The van der Waals surface area contributed by atoms with Crippen molar-refractivity contribution in [1.82, 2.24) is 19.7 Å². The first-order valence-corrected chi connectivity index (χ1v) is 8.02. The van der Waals surface area contributed by atoms with Gasteiger partial charge in [-0.25, -0.2) is 4.68 Å². The van der Waals surface area contributed by atoms with Crippen LogP contribution < -0.4 is 5.56 Å². The van der Waals surface area contributed by atoms with Crippen LogP contribution in [0.2, 0.25) is 0 Å². The second kappa shape index (κ2) is 5.57.